The summed E-state index contributed by atoms with van der Waals surface area (Å²) < 4.78 is 6.27. The van der Waals surface area contributed by atoms with E-state index in [9.17, 15) is 5.11 Å². The van der Waals surface area contributed by atoms with Gasteiger partial charge in [-0.3, -0.25) is 4.90 Å². The number of rotatable bonds is 5. The maximum absolute atomic E-state index is 10.2. The first kappa shape index (κ1) is 14.2. The molecule has 1 unspecified atom stereocenters. The van der Waals surface area contributed by atoms with E-state index in [1.54, 1.807) is 6.92 Å². The number of likely N-dealkylation sites (N-methyl/N-ethyl adjacent to an activating group) is 1. The zero-order valence-corrected chi connectivity index (χ0v) is 12.5. The summed E-state index contributed by atoms with van der Waals surface area (Å²) in [6.45, 7) is 2.77. The van der Waals surface area contributed by atoms with Crippen molar-refractivity contribution in [2.24, 2.45) is 0 Å². The summed E-state index contributed by atoms with van der Waals surface area (Å²) in [7, 11) is 1.90. The second-order valence-electron chi connectivity index (χ2n) is 4.48. The monoisotopic (exact) mass is 325 g/mol. The van der Waals surface area contributed by atoms with E-state index in [1.807, 2.05) is 36.2 Å². The van der Waals surface area contributed by atoms with Gasteiger partial charge in [0.05, 0.1) is 12.6 Å². The highest BCUT2D eigenvalue weighted by Crippen LogP contribution is 2.19. The van der Waals surface area contributed by atoms with E-state index in [0.29, 0.717) is 24.9 Å². The molecular formula is C13H16BrN3O2. The highest BCUT2D eigenvalue weighted by molar-refractivity contribution is 9.10. The van der Waals surface area contributed by atoms with Crippen molar-refractivity contribution < 1.29 is 9.52 Å². The van der Waals surface area contributed by atoms with Crippen molar-refractivity contribution >= 4 is 15.9 Å². The standard InChI is InChI=1S/C13H16BrN3O2/c1-9-15-16-13(19-9)8-17(2)7-12(18)10-4-3-5-11(14)6-10/h3-6,12,18H,7-8H2,1-2H3. The van der Waals surface area contributed by atoms with Crippen LogP contribution in [0.5, 0.6) is 0 Å². The summed E-state index contributed by atoms with van der Waals surface area (Å²) >= 11 is 3.40. The van der Waals surface area contributed by atoms with Gasteiger partial charge in [0.15, 0.2) is 0 Å². The molecule has 0 radical (unpaired) electrons. The summed E-state index contributed by atoms with van der Waals surface area (Å²) in [6, 6.07) is 7.65. The fourth-order valence-corrected chi connectivity index (χ4v) is 2.23. The molecule has 19 heavy (non-hydrogen) atoms. The maximum atomic E-state index is 10.2. The van der Waals surface area contributed by atoms with Crippen LogP contribution < -0.4 is 0 Å². The highest BCUT2D eigenvalue weighted by atomic mass is 79.9. The van der Waals surface area contributed by atoms with Crippen LogP contribution in [0.1, 0.15) is 23.4 Å². The predicted octanol–water partition coefficient (Wildman–Crippen LogP) is 2.31. The van der Waals surface area contributed by atoms with E-state index in [0.717, 1.165) is 10.0 Å². The minimum atomic E-state index is -0.550. The SMILES string of the molecule is Cc1nnc(CN(C)CC(O)c2cccc(Br)c2)o1. The smallest absolute Gasteiger partial charge is 0.230 e. The molecule has 0 amide bonds. The van der Waals surface area contributed by atoms with Crippen LogP contribution in [0, 0.1) is 6.92 Å². The van der Waals surface area contributed by atoms with Crippen LogP contribution in [0.25, 0.3) is 0 Å². The summed E-state index contributed by atoms with van der Waals surface area (Å²) in [4.78, 5) is 1.94. The molecule has 0 bridgehead atoms. The molecule has 2 aromatic rings. The number of halogens is 1. The van der Waals surface area contributed by atoms with Gasteiger partial charge in [-0.1, -0.05) is 28.1 Å². The zero-order valence-electron chi connectivity index (χ0n) is 10.9. The first-order valence-corrected chi connectivity index (χ1v) is 6.75. The lowest BCUT2D eigenvalue weighted by molar-refractivity contribution is 0.119. The summed E-state index contributed by atoms with van der Waals surface area (Å²) in [5.41, 5.74) is 0.878. The van der Waals surface area contributed by atoms with Gasteiger partial charge in [0.1, 0.15) is 0 Å². The third-order valence-electron chi connectivity index (χ3n) is 2.69. The molecule has 0 saturated heterocycles. The van der Waals surface area contributed by atoms with Crippen molar-refractivity contribution in [3.8, 4) is 0 Å². The third-order valence-corrected chi connectivity index (χ3v) is 3.18. The number of benzene rings is 1. The second kappa shape index (κ2) is 6.27. The van der Waals surface area contributed by atoms with Crippen molar-refractivity contribution in [2.45, 2.75) is 19.6 Å². The van der Waals surface area contributed by atoms with E-state index < -0.39 is 6.10 Å². The average molecular weight is 326 g/mol. The first-order valence-electron chi connectivity index (χ1n) is 5.95. The Morgan fingerprint density at radius 1 is 1.42 bits per heavy atom. The molecule has 0 saturated carbocycles. The second-order valence-corrected chi connectivity index (χ2v) is 5.40. The minimum absolute atomic E-state index is 0.498. The first-order chi connectivity index (χ1) is 9.04. The van der Waals surface area contributed by atoms with Gasteiger partial charge in [-0.25, -0.2) is 0 Å². The lowest BCUT2D eigenvalue weighted by Crippen LogP contribution is -2.24. The van der Waals surface area contributed by atoms with Crippen molar-refractivity contribution in [2.75, 3.05) is 13.6 Å². The Morgan fingerprint density at radius 3 is 2.84 bits per heavy atom. The van der Waals surface area contributed by atoms with Crippen LogP contribution in [0.2, 0.25) is 0 Å². The van der Waals surface area contributed by atoms with Gasteiger partial charge in [-0.2, -0.15) is 0 Å². The van der Waals surface area contributed by atoms with Gasteiger partial charge in [-0.05, 0) is 24.7 Å². The molecule has 1 atom stereocenters. The van der Waals surface area contributed by atoms with Gasteiger partial charge >= 0.3 is 0 Å². The normalized spacial score (nSPS) is 12.9. The number of aromatic nitrogens is 2. The van der Waals surface area contributed by atoms with Crippen LogP contribution in [0.15, 0.2) is 33.2 Å². The largest absolute Gasteiger partial charge is 0.424 e. The van der Waals surface area contributed by atoms with Crippen molar-refractivity contribution in [1.29, 1.82) is 0 Å². The van der Waals surface area contributed by atoms with Gasteiger partial charge in [0.25, 0.3) is 0 Å². The van der Waals surface area contributed by atoms with Gasteiger partial charge in [0.2, 0.25) is 11.8 Å². The Kier molecular flexibility index (Phi) is 4.68. The van der Waals surface area contributed by atoms with Crippen LogP contribution in [-0.4, -0.2) is 33.8 Å². The molecule has 1 heterocycles. The van der Waals surface area contributed by atoms with E-state index in [4.69, 9.17) is 4.42 Å². The quantitative estimate of drug-likeness (QED) is 0.913. The molecule has 0 spiro atoms. The van der Waals surface area contributed by atoms with E-state index in [-0.39, 0.29) is 0 Å². The topological polar surface area (TPSA) is 62.4 Å². The lowest BCUT2D eigenvalue weighted by atomic mass is 10.1. The number of hydrogen-bond acceptors (Lipinski definition) is 5. The number of hydrogen-bond donors (Lipinski definition) is 1. The molecule has 1 aromatic heterocycles. The van der Waals surface area contributed by atoms with E-state index >= 15 is 0 Å². The Morgan fingerprint density at radius 2 is 2.21 bits per heavy atom. The summed E-state index contributed by atoms with van der Waals surface area (Å²) in [6.07, 6.45) is -0.550. The molecule has 102 valence electrons. The lowest BCUT2D eigenvalue weighted by Gasteiger charge is -2.19. The number of nitrogens with zero attached hydrogens (tertiary/aromatic N) is 3. The molecule has 5 nitrogen and oxygen atoms in total. The predicted molar refractivity (Wildman–Crippen MR) is 74.5 cm³/mol. The van der Waals surface area contributed by atoms with Crippen molar-refractivity contribution in [3.05, 3.63) is 46.1 Å². The molecule has 6 heteroatoms. The Labute approximate surface area is 120 Å². The van der Waals surface area contributed by atoms with Gasteiger partial charge in [0, 0.05) is 17.9 Å². The Bertz CT molecular complexity index is 544. The molecule has 1 aromatic carbocycles. The van der Waals surface area contributed by atoms with E-state index in [1.165, 1.54) is 0 Å². The van der Waals surface area contributed by atoms with Crippen LogP contribution in [0.4, 0.5) is 0 Å². The summed E-state index contributed by atoms with van der Waals surface area (Å²) in [5, 5.41) is 17.9. The fraction of sp³-hybridized carbons (Fsp3) is 0.385. The average Bonchev–Trinajstić information content (AvgIpc) is 2.74. The zero-order chi connectivity index (χ0) is 13.8. The molecule has 0 fully saturated rings. The van der Waals surface area contributed by atoms with Gasteiger partial charge < -0.3 is 9.52 Å². The van der Waals surface area contributed by atoms with E-state index in [2.05, 4.69) is 26.1 Å². The number of aliphatic hydroxyl groups is 1. The number of aliphatic hydroxyl groups excluding tert-OH is 1. The van der Waals surface area contributed by atoms with Gasteiger partial charge in [-0.15, -0.1) is 10.2 Å². The Hall–Kier alpha value is -1.24. The van der Waals surface area contributed by atoms with Crippen LogP contribution in [0.3, 0.4) is 0 Å². The molecule has 2 rings (SSSR count). The van der Waals surface area contributed by atoms with Crippen molar-refractivity contribution in [1.82, 2.24) is 15.1 Å². The Balaban J connectivity index is 1.93. The molecular weight excluding hydrogens is 310 g/mol. The molecule has 0 aliphatic heterocycles. The van der Waals surface area contributed by atoms with Crippen molar-refractivity contribution in [3.63, 3.8) is 0 Å². The fourth-order valence-electron chi connectivity index (χ4n) is 1.81. The molecule has 0 aliphatic carbocycles. The minimum Gasteiger partial charge on any atom is -0.424 e. The number of aryl methyl sites for hydroxylation is 1. The third kappa shape index (κ3) is 4.12. The summed E-state index contributed by atoms with van der Waals surface area (Å²) in [5.74, 6) is 1.11. The maximum Gasteiger partial charge on any atom is 0.230 e. The highest BCUT2D eigenvalue weighted by Gasteiger charge is 2.13. The van der Waals surface area contributed by atoms with Crippen LogP contribution in [-0.2, 0) is 6.54 Å². The molecule has 0 aliphatic rings. The van der Waals surface area contributed by atoms with Crippen LogP contribution >= 0.6 is 15.9 Å². The molecule has 1 N–H and O–H groups in total.